The van der Waals surface area contributed by atoms with Gasteiger partial charge in [-0.1, -0.05) is 381 Å². The molecule has 9 heteroatoms. The van der Waals surface area contributed by atoms with Gasteiger partial charge >= 0.3 is 11.9 Å². The second-order valence-electron chi connectivity index (χ2n) is 28.3. The van der Waals surface area contributed by atoms with Crippen LogP contribution in [0.2, 0.25) is 0 Å². The van der Waals surface area contributed by atoms with Crippen LogP contribution in [0, 0.1) is 0 Å². The summed E-state index contributed by atoms with van der Waals surface area (Å²) >= 11 is 0. The van der Waals surface area contributed by atoms with Crippen LogP contribution in [0.3, 0.4) is 0 Å². The Bertz CT molecular complexity index is 1820. The van der Waals surface area contributed by atoms with Crippen LogP contribution >= 0.6 is 0 Å². The van der Waals surface area contributed by atoms with Gasteiger partial charge in [0.15, 0.2) is 12.4 Å². The molecule has 94 heavy (non-hydrogen) atoms. The molecule has 9 nitrogen and oxygen atoms in total. The molecule has 0 aromatic carbocycles. The first-order valence-electron chi connectivity index (χ1n) is 40.2. The molecular formula is C85H153NO8. The van der Waals surface area contributed by atoms with E-state index in [1.54, 1.807) is 0 Å². The van der Waals surface area contributed by atoms with Gasteiger partial charge in [0, 0.05) is 12.8 Å². The van der Waals surface area contributed by atoms with Crippen LogP contribution in [0.15, 0.2) is 85.1 Å². The minimum absolute atomic E-state index is 0.143. The van der Waals surface area contributed by atoms with Crippen LogP contribution in [0.25, 0.3) is 0 Å². The van der Waals surface area contributed by atoms with Gasteiger partial charge in [0.1, 0.15) is 13.2 Å². The van der Waals surface area contributed by atoms with Gasteiger partial charge < -0.3 is 33.3 Å². The topological polar surface area (TPSA) is 111 Å². The zero-order chi connectivity index (χ0) is 68.2. The molecule has 0 amide bonds. The predicted octanol–water partition coefficient (Wildman–Crippen LogP) is 24.4. The molecule has 0 heterocycles. The molecule has 0 aromatic rings. The Morgan fingerprint density at radius 1 is 0.330 bits per heavy atom. The number of hydrogen-bond donors (Lipinski definition) is 0. The summed E-state index contributed by atoms with van der Waals surface area (Å²) in [6, 6.07) is 0. The normalized spacial score (nSPS) is 13.1. The van der Waals surface area contributed by atoms with Crippen molar-refractivity contribution in [2.75, 3.05) is 47.5 Å². The lowest BCUT2D eigenvalue weighted by Gasteiger charge is -2.26. The van der Waals surface area contributed by atoms with Gasteiger partial charge in [0.05, 0.1) is 40.3 Å². The van der Waals surface area contributed by atoms with E-state index in [1.807, 2.05) is 21.1 Å². The predicted molar refractivity (Wildman–Crippen MR) is 403 cm³/mol. The number of carbonyl (C=O) groups is 3. The van der Waals surface area contributed by atoms with Crippen molar-refractivity contribution in [2.24, 2.45) is 0 Å². The van der Waals surface area contributed by atoms with E-state index in [1.165, 1.54) is 257 Å². The Kier molecular flexibility index (Phi) is 72.4. The number of carboxylic acid groups (broad SMARTS) is 1. The number of ether oxygens (including phenoxy) is 4. The third-order valence-corrected chi connectivity index (χ3v) is 17.9. The summed E-state index contributed by atoms with van der Waals surface area (Å²) in [5, 5.41) is 11.9. The first-order chi connectivity index (χ1) is 46.1. The highest BCUT2D eigenvalue weighted by Gasteiger charge is 2.22. The molecule has 546 valence electrons. The quantitative estimate of drug-likeness (QED) is 0.0195. The molecule has 0 spiro atoms. The lowest BCUT2D eigenvalue weighted by Crippen LogP contribution is -2.44. The number of unbranched alkanes of at least 4 members (excludes halogenated alkanes) is 46. The number of allylic oxidation sites excluding steroid dienone is 14. The van der Waals surface area contributed by atoms with Crippen molar-refractivity contribution in [1.29, 1.82) is 0 Å². The molecule has 0 aliphatic heterocycles. The van der Waals surface area contributed by atoms with E-state index in [0.29, 0.717) is 23.9 Å². The Hall–Kier alpha value is -3.53. The van der Waals surface area contributed by atoms with Crippen LogP contribution in [-0.2, 0) is 33.3 Å². The largest absolute Gasteiger partial charge is 0.545 e. The average Bonchev–Trinajstić information content (AvgIpc) is 3.72. The van der Waals surface area contributed by atoms with Gasteiger partial charge in [-0.05, 0) is 70.6 Å². The van der Waals surface area contributed by atoms with E-state index in [9.17, 15) is 19.5 Å². The van der Waals surface area contributed by atoms with Gasteiger partial charge in [-0.25, -0.2) is 0 Å². The molecular weight excluding hydrogens is 1160 g/mol. The van der Waals surface area contributed by atoms with Crippen molar-refractivity contribution in [3.63, 3.8) is 0 Å². The fourth-order valence-corrected chi connectivity index (χ4v) is 11.8. The van der Waals surface area contributed by atoms with Crippen molar-refractivity contribution < 1.29 is 42.9 Å². The van der Waals surface area contributed by atoms with Crippen LogP contribution in [0.1, 0.15) is 380 Å². The molecule has 0 fully saturated rings. The van der Waals surface area contributed by atoms with Crippen molar-refractivity contribution in [2.45, 2.75) is 392 Å². The summed E-state index contributed by atoms with van der Waals surface area (Å²) in [6.45, 7) is 4.67. The van der Waals surface area contributed by atoms with Gasteiger partial charge in [0.25, 0.3) is 0 Å². The van der Waals surface area contributed by atoms with E-state index in [2.05, 4.69) is 98.9 Å². The molecule has 0 radical (unpaired) electrons. The maximum atomic E-state index is 13.0. The number of carbonyl (C=O) groups excluding carboxylic acids is 3. The maximum Gasteiger partial charge on any atom is 0.306 e. The highest BCUT2D eigenvalue weighted by molar-refractivity contribution is 5.70. The second kappa shape index (κ2) is 75.2. The van der Waals surface area contributed by atoms with Crippen LogP contribution in [0.5, 0.6) is 0 Å². The van der Waals surface area contributed by atoms with Crippen LogP contribution in [0.4, 0.5) is 0 Å². The number of esters is 2. The number of nitrogens with zero attached hydrogens (tertiary/aromatic N) is 1. The number of quaternary nitrogens is 1. The number of likely N-dealkylation sites (N-methyl/N-ethyl adjacent to an activating group) is 1. The second-order valence-corrected chi connectivity index (χ2v) is 28.3. The minimum Gasteiger partial charge on any atom is -0.545 e. The standard InChI is InChI=1S/C85H153NO8/c1-6-8-10-12-14-16-18-20-22-24-26-28-30-32-34-36-37-38-39-40-41-42-43-44-45-46-48-49-51-53-55-57-59-61-63-65-67-69-71-73-75-82(87)92-79-81(80-93-85(84(89)90)91-78-77-86(3,4)5)94-83(88)76-74-72-70-68-66-64-62-60-58-56-54-52-50-47-35-33-31-29-27-25-23-21-19-17-15-13-11-9-7-2/h9,11,15,17,21,23,27,29,33,35,50,52,56,58,81,85H,6-8,10,12-14,16,18-20,22,24-26,28,30-32,34,36-49,51,53-55,57,59-80H2,1-5H3/b11-9-,17-15-,23-21-,29-27-,35-33-,52-50-,58-56-. The van der Waals surface area contributed by atoms with Crippen molar-refractivity contribution in [3.05, 3.63) is 85.1 Å². The zero-order valence-corrected chi connectivity index (χ0v) is 62.6. The average molecular weight is 1320 g/mol. The first-order valence-corrected chi connectivity index (χ1v) is 40.2. The van der Waals surface area contributed by atoms with Gasteiger partial charge in [-0.15, -0.1) is 0 Å². The van der Waals surface area contributed by atoms with Crippen molar-refractivity contribution in [1.82, 2.24) is 0 Å². The zero-order valence-electron chi connectivity index (χ0n) is 62.6. The molecule has 0 rings (SSSR count). The molecule has 0 aliphatic carbocycles. The van der Waals surface area contributed by atoms with Crippen molar-refractivity contribution >= 4 is 17.9 Å². The molecule has 0 saturated heterocycles. The summed E-state index contributed by atoms with van der Waals surface area (Å²) in [5.41, 5.74) is 0. The number of aliphatic carboxylic acids is 1. The van der Waals surface area contributed by atoms with E-state index in [-0.39, 0.29) is 32.2 Å². The maximum absolute atomic E-state index is 13.0. The fourth-order valence-electron chi connectivity index (χ4n) is 11.8. The Morgan fingerprint density at radius 2 is 0.606 bits per heavy atom. The lowest BCUT2D eigenvalue weighted by molar-refractivity contribution is -0.870. The fraction of sp³-hybridized carbons (Fsp3) is 0.800. The van der Waals surface area contributed by atoms with Gasteiger partial charge in [-0.3, -0.25) is 9.59 Å². The summed E-state index contributed by atoms with van der Waals surface area (Å²) in [7, 11) is 5.93. The van der Waals surface area contributed by atoms with Gasteiger partial charge in [0.2, 0.25) is 0 Å². The molecule has 0 bridgehead atoms. The minimum atomic E-state index is -1.63. The van der Waals surface area contributed by atoms with E-state index in [4.69, 9.17) is 18.9 Å². The van der Waals surface area contributed by atoms with Gasteiger partial charge in [-0.2, -0.15) is 0 Å². The molecule has 0 saturated carbocycles. The van der Waals surface area contributed by atoms with E-state index < -0.39 is 24.3 Å². The smallest absolute Gasteiger partial charge is 0.306 e. The van der Waals surface area contributed by atoms with E-state index >= 15 is 0 Å². The monoisotopic (exact) mass is 1320 g/mol. The van der Waals surface area contributed by atoms with Crippen molar-refractivity contribution in [3.8, 4) is 0 Å². The number of carboxylic acids is 1. The summed E-state index contributed by atoms with van der Waals surface area (Å²) < 4.78 is 22.8. The molecule has 0 aliphatic rings. The molecule has 2 unspecified atom stereocenters. The lowest BCUT2D eigenvalue weighted by atomic mass is 10.0. The SMILES string of the molecule is CC/C=C\C/C=C\C/C=C\C/C=C\C/C=C\C/C=C\C/C=C\CCCCCCCCCC(=O)OC(COC(=O)CCCCCCCCCCCCCCCCCCCCCCCCCCCCCCCCCCCCCCCCCC)COC(OCC[N+](C)(C)C)C(=O)[O-]. The van der Waals surface area contributed by atoms with Crippen LogP contribution < -0.4 is 5.11 Å². The van der Waals surface area contributed by atoms with E-state index in [0.717, 1.165) is 89.9 Å². The number of hydrogen-bond acceptors (Lipinski definition) is 8. The summed E-state index contributed by atoms with van der Waals surface area (Å²) in [6.07, 6.45) is 100. The first kappa shape index (κ1) is 90.5. The highest BCUT2D eigenvalue weighted by atomic mass is 16.7. The Labute approximate surface area is 582 Å². The summed E-state index contributed by atoms with van der Waals surface area (Å²) in [5.74, 6) is -2.28. The molecule has 0 N–H and O–H groups in total. The molecule has 0 aromatic heterocycles. The summed E-state index contributed by atoms with van der Waals surface area (Å²) in [4.78, 5) is 37.6. The third-order valence-electron chi connectivity index (χ3n) is 17.9. The Morgan fingerprint density at radius 3 is 0.904 bits per heavy atom. The number of rotatable bonds is 75. The molecule has 2 atom stereocenters. The highest BCUT2D eigenvalue weighted by Crippen LogP contribution is 2.20. The third kappa shape index (κ3) is 75.8. The van der Waals surface area contributed by atoms with Crippen LogP contribution in [-0.4, -0.2) is 82.3 Å². The Balaban J connectivity index is 3.99.